The Bertz CT molecular complexity index is 1550. The van der Waals surface area contributed by atoms with Crippen molar-refractivity contribution in [3.63, 3.8) is 0 Å². The second-order valence-corrected chi connectivity index (χ2v) is 19.4. The number of carboxylic acids is 1. The number of likely N-dealkylation sites (tertiary alicyclic amines) is 1. The van der Waals surface area contributed by atoms with E-state index in [-0.39, 0.29) is 16.4 Å². The lowest BCUT2D eigenvalue weighted by Gasteiger charge is -2.72. The molecule has 6 heteroatoms. The van der Waals surface area contributed by atoms with Crippen molar-refractivity contribution in [2.45, 2.75) is 123 Å². The lowest BCUT2D eigenvalue weighted by Crippen LogP contribution is -2.68. The van der Waals surface area contributed by atoms with Gasteiger partial charge in [0.1, 0.15) is 5.72 Å². The van der Waals surface area contributed by atoms with Crippen molar-refractivity contribution in [3.8, 4) is 0 Å². The third-order valence-electron chi connectivity index (χ3n) is 17.1. The summed E-state index contributed by atoms with van der Waals surface area (Å²) >= 11 is 0. The van der Waals surface area contributed by atoms with Crippen LogP contribution in [-0.4, -0.2) is 59.5 Å². The molecule has 4 saturated carbocycles. The van der Waals surface area contributed by atoms with Crippen molar-refractivity contribution in [1.29, 1.82) is 0 Å². The monoisotopic (exact) mass is 669 g/mol. The van der Waals surface area contributed by atoms with Crippen LogP contribution < -0.4 is 11.1 Å². The summed E-state index contributed by atoms with van der Waals surface area (Å²) in [6, 6.07) is 8.13. The fourth-order valence-electron chi connectivity index (χ4n) is 14.6. The number of nitrogens with zero attached hydrogens (tertiary/aromatic N) is 1. The summed E-state index contributed by atoms with van der Waals surface area (Å²) in [6.07, 6.45) is 15.1. The summed E-state index contributed by atoms with van der Waals surface area (Å²) in [5.41, 5.74) is 11.6. The molecular weight excluding hydrogens is 606 g/mol. The largest absolute Gasteiger partial charge is 0.478 e. The van der Waals surface area contributed by atoms with Gasteiger partial charge < -0.3 is 20.9 Å². The molecule has 7 aliphatic rings. The minimum atomic E-state index is -0.858. The van der Waals surface area contributed by atoms with Crippen LogP contribution in [0.2, 0.25) is 0 Å². The molecule has 2 heterocycles. The van der Waals surface area contributed by atoms with E-state index in [0.29, 0.717) is 46.1 Å². The van der Waals surface area contributed by atoms with Gasteiger partial charge in [-0.3, -0.25) is 4.90 Å². The highest BCUT2D eigenvalue weighted by Gasteiger charge is 2.70. The smallest absolute Gasteiger partial charge is 0.335 e. The number of morpholine rings is 1. The Labute approximate surface area is 295 Å². The van der Waals surface area contributed by atoms with Crippen molar-refractivity contribution >= 4 is 11.5 Å². The van der Waals surface area contributed by atoms with Gasteiger partial charge in [-0.25, -0.2) is 4.79 Å². The van der Waals surface area contributed by atoms with Crippen LogP contribution in [0.3, 0.4) is 0 Å². The summed E-state index contributed by atoms with van der Waals surface area (Å²) in [5.74, 6) is 2.44. The van der Waals surface area contributed by atoms with Gasteiger partial charge in [0.2, 0.25) is 0 Å². The predicted octanol–water partition coefficient (Wildman–Crippen LogP) is 8.14. The van der Waals surface area contributed by atoms with E-state index in [0.717, 1.165) is 45.0 Å². The van der Waals surface area contributed by atoms with Gasteiger partial charge >= 0.3 is 5.97 Å². The molecule has 11 atom stereocenters. The highest BCUT2D eigenvalue weighted by molar-refractivity contribution is 5.88. The number of hydrogen-bond donors (Lipinski definition) is 3. The van der Waals surface area contributed by atoms with Crippen molar-refractivity contribution in [2.24, 2.45) is 57.0 Å². The van der Waals surface area contributed by atoms with Crippen LogP contribution in [0.4, 0.5) is 0 Å². The van der Waals surface area contributed by atoms with Gasteiger partial charge in [-0.1, -0.05) is 65.0 Å². The standard InChI is InChI=1S/C43H63N3O3/c1-27(2)31-14-19-42(45-22-23-46-26-43(44)24-30(46)25-49-43)21-20-40(6)33(36(31)42)12-13-35-39(5)17-15-32(28-8-10-29(11-9-28)37(47)48)38(3,4)34(39)16-18-41(35,40)7/h8-11,15,30-31,33-36,45H,1,12-14,16-26,44H2,2-7H3,(H,47,48)/t30-,31-,33+,34-,35+,36+,39-,40+,41+,42-,43-/m0/s1. The quantitative estimate of drug-likeness (QED) is 0.254. The van der Waals surface area contributed by atoms with Gasteiger partial charge in [-0.15, -0.1) is 0 Å². The summed E-state index contributed by atoms with van der Waals surface area (Å²) in [5, 5.41) is 13.8. The average molecular weight is 670 g/mol. The number of rotatable bonds is 7. The van der Waals surface area contributed by atoms with Crippen LogP contribution in [0.5, 0.6) is 0 Å². The molecule has 49 heavy (non-hydrogen) atoms. The molecule has 2 bridgehead atoms. The molecule has 2 saturated heterocycles. The number of nitrogens with one attached hydrogen (secondary N) is 1. The molecule has 0 aromatic heterocycles. The fourth-order valence-corrected chi connectivity index (χ4v) is 14.6. The number of carbonyl (C=O) groups is 1. The van der Waals surface area contributed by atoms with Crippen LogP contribution in [0.15, 0.2) is 42.5 Å². The molecule has 1 aromatic carbocycles. The van der Waals surface area contributed by atoms with Gasteiger partial charge in [-0.2, -0.15) is 0 Å². The van der Waals surface area contributed by atoms with E-state index >= 15 is 0 Å². The highest BCUT2D eigenvalue weighted by atomic mass is 16.5. The van der Waals surface area contributed by atoms with Crippen molar-refractivity contribution in [3.05, 3.63) is 53.6 Å². The Kier molecular flexibility index (Phi) is 7.84. The number of benzene rings is 1. The predicted molar refractivity (Wildman–Crippen MR) is 197 cm³/mol. The van der Waals surface area contributed by atoms with Gasteiger partial charge in [0, 0.05) is 37.6 Å². The van der Waals surface area contributed by atoms with E-state index < -0.39 is 11.7 Å². The zero-order chi connectivity index (χ0) is 34.8. The lowest BCUT2D eigenvalue weighted by molar-refractivity contribution is -0.219. The number of hydrogen-bond acceptors (Lipinski definition) is 5. The van der Waals surface area contributed by atoms with Crippen molar-refractivity contribution < 1.29 is 14.6 Å². The molecule has 0 unspecified atom stereocenters. The Balaban J connectivity index is 1.06. The normalized spacial score (nSPS) is 46.7. The minimum absolute atomic E-state index is 0.0312. The average Bonchev–Trinajstić information content (AvgIpc) is 3.71. The lowest BCUT2D eigenvalue weighted by atomic mass is 9.33. The molecule has 4 N–H and O–H groups in total. The third-order valence-corrected chi connectivity index (χ3v) is 17.1. The van der Waals surface area contributed by atoms with Gasteiger partial charge in [0.25, 0.3) is 0 Å². The first kappa shape index (κ1) is 34.1. The second-order valence-electron chi connectivity index (χ2n) is 19.4. The SMILES string of the molecule is C=C(C)[C@@H]1CC[C@]2(NCCN3C[C@]4(N)C[C@H]3CO4)CC[C@]3(C)[C@H](CC[C@@H]4[C@@]5(C)CC=C(c6ccc(C(=O)O)cc6)C(C)(C)[C@@H]5CC[C@]43C)[C@@H]12. The number of ether oxygens (including phenoxy) is 1. The molecule has 6 nitrogen and oxygen atoms in total. The number of nitrogens with two attached hydrogens (primary N) is 1. The topological polar surface area (TPSA) is 87.8 Å². The van der Waals surface area contributed by atoms with E-state index in [1.807, 2.05) is 12.1 Å². The molecule has 2 aliphatic heterocycles. The Morgan fingerprint density at radius 2 is 1.76 bits per heavy atom. The van der Waals surface area contributed by atoms with Crippen LogP contribution >= 0.6 is 0 Å². The fraction of sp³-hybridized carbons (Fsp3) is 0.744. The molecule has 0 spiro atoms. The maximum absolute atomic E-state index is 11.6. The van der Waals surface area contributed by atoms with E-state index in [1.54, 1.807) is 12.1 Å². The summed E-state index contributed by atoms with van der Waals surface area (Å²) in [7, 11) is 0. The van der Waals surface area contributed by atoms with Crippen LogP contribution in [0.25, 0.3) is 5.57 Å². The van der Waals surface area contributed by atoms with Gasteiger partial charge in [0.15, 0.2) is 0 Å². The minimum Gasteiger partial charge on any atom is -0.478 e. The zero-order valence-electron chi connectivity index (χ0n) is 31.2. The Hall–Kier alpha value is -1.99. The molecule has 8 rings (SSSR count). The summed E-state index contributed by atoms with van der Waals surface area (Å²) < 4.78 is 5.87. The number of fused-ring (bicyclic) bond motifs is 9. The van der Waals surface area contributed by atoms with E-state index in [9.17, 15) is 9.90 Å². The van der Waals surface area contributed by atoms with Crippen molar-refractivity contribution in [2.75, 3.05) is 26.2 Å². The van der Waals surface area contributed by atoms with Gasteiger partial charge in [0.05, 0.1) is 12.2 Å². The molecule has 5 aliphatic carbocycles. The van der Waals surface area contributed by atoms with E-state index in [2.05, 4.69) is 64.4 Å². The number of carboxylic acid groups (broad SMARTS) is 1. The number of allylic oxidation sites excluding steroid dienone is 3. The Morgan fingerprint density at radius 3 is 2.41 bits per heavy atom. The first-order chi connectivity index (χ1) is 23.1. The molecule has 268 valence electrons. The third kappa shape index (κ3) is 4.82. The van der Waals surface area contributed by atoms with Crippen molar-refractivity contribution in [1.82, 2.24) is 10.2 Å². The maximum atomic E-state index is 11.6. The van der Waals surface area contributed by atoms with Gasteiger partial charge in [-0.05, 0) is 139 Å². The maximum Gasteiger partial charge on any atom is 0.335 e. The molecule has 0 amide bonds. The van der Waals surface area contributed by atoms with E-state index in [1.165, 1.54) is 68.1 Å². The molecular formula is C43H63N3O3. The highest BCUT2D eigenvalue weighted by Crippen LogP contribution is 2.76. The Morgan fingerprint density at radius 1 is 1.00 bits per heavy atom. The first-order valence-electron chi connectivity index (χ1n) is 19.7. The van der Waals surface area contributed by atoms with Crippen LogP contribution in [0.1, 0.15) is 122 Å². The summed E-state index contributed by atoms with van der Waals surface area (Å²) in [4.78, 5) is 14.1. The summed E-state index contributed by atoms with van der Waals surface area (Å²) in [6.45, 7) is 23.8. The zero-order valence-corrected chi connectivity index (χ0v) is 31.2. The molecule has 6 fully saturated rings. The molecule has 1 aromatic rings. The van der Waals surface area contributed by atoms with E-state index in [4.69, 9.17) is 10.5 Å². The van der Waals surface area contributed by atoms with Crippen LogP contribution in [0, 0.1) is 51.2 Å². The van der Waals surface area contributed by atoms with Crippen LogP contribution in [-0.2, 0) is 4.74 Å². The second kappa shape index (κ2) is 11.3. The first-order valence-corrected chi connectivity index (χ1v) is 19.7. The molecule has 0 radical (unpaired) electrons. The number of aromatic carboxylic acids is 1.